The van der Waals surface area contributed by atoms with Gasteiger partial charge in [0.2, 0.25) is 23.5 Å². The van der Waals surface area contributed by atoms with Gasteiger partial charge in [0, 0.05) is 36.3 Å². The Morgan fingerprint density at radius 1 is 0.577 bits per heavy atom. The number of halogens is 2. The van der Waals surface area contributed by atoms with Gasteiger partial charge in [-0.25, -0.2) is 0 Å². The van der Waals surface area contributed by atoms with Gasteiger partial charge in [0.05, 0.1) is 14.2 Å². The van der Waals surface area contributed by atoms with Crippen molar-refractivity contribution in [1.29, 1.82) is 0 Å². The number of pyridine rings is 2. The Kier molecular flexibility index (Phi) is 13.6. The highest BCUT2D eigenvalue weighted by atomic mass is 35.5. The molecule has 2 N–H and O–H groups in total. The third-order valence-electron chi connectivity index (χ3n) is 10.6. The van der Waals surface area contributed by atoms with E-state index in [0.717, 1.165) is 44.5 Å². The second-order valence-corrected chi connectivity index (χ2v) is 14.9. The molecule has 2 heterocycles. The maximum atomic E-state index is 6.70. The molecule has 0 saturated heterocycles. The summed E-state index contributed by atoms with van der Waals surface area (Å²) < 4.78 is 23.7. The van der Waals surface area contributed by atoms with Crippen LogP contribution in [0, 0.1) is 13.8 Å². The highest BCUT2D eigenvalue weighted by molar-refractivity contribution is 6.32. The first kappa shape index (κ1) is 38.2. The average Bonchev–Trinajstić information content (AvgIpc) is 3.17. The SMILES string of the molecule is COc1nc(OCc2cccc(-c3cccc(COc4nc(OC)c(CNC5CCCCC5)cc4Cl)c3C)c2C)c(Cl)cc1CNC1CCCCC1. The minimum Gasteiger partial charge on any atom is -0.481 e. The van der Waals surface area contributed by atoms with E-state index >= 15 is 0 Å². The van der Waals surface area contributed by atoms with Gasteiger partial charge in [-0.15, -0.1) is 0 Å². The summed E-state index contributed by atoms with van der Waals surface area (Å²) in [6.07, 6.45) is 12.6. The van der Waals surface area contributed by atoms with Crippen molar-refractivity contribution < 1.29 is 18.9 Å². The zero-order valence-corrected chi connectivity index (χ0v) is 32.5. The van der Waals surface area contributed by atoms with Crippen molar-refractivity contribution in [3.63, 3.8) is 0 Å². The smallest absolute Gasteiger partial charge is 0.236 e. The molecule has 2 fully saturated rings. The minimum absolute atomic E-state index is 0.315. The van der Waals surface area contributed by atoms with Crippen LogP contribution in [0.4, 0.5) is 0 Å². The molecule has 2 aromatic heterocycles. The molecule has 6 rings (SSSR count). The Morgan fingerprint density at radius 2 is 0.981 bits per heavy atom. The monoisotopic (exact) mass is 746 g/mol. The Morgan fingerprint density at radius 3 is 1.37 bits per heavy atom. The number of benzene rings is 2. The molecule has 52 heavy (non-hydrogen) atoms. The third-order valence-corrected chi connectivity index (χ3v) is 11.2. The summed E-state index contributed by atoms with van der Waals surface area (Å²) in [4.78, 5) is 9.29. The summed E-state index contributed by atoms with van der Waals surface area (Å²) in [5, 5.41) is 8.24. The van der Waals surface area contributed by atoms with Crippen molar-refractivity contribution in [3.8, 4) is 34.6 Å². The van der Waals surface area contributed by atoms with Gasteiger partial charge in [0.15, 0.2) is 0 Å². The molecule has 278 valence electrons. The van der Waals surface area contributed by atoms with Gasteiger partial charge in [-0.2, -0.15) is 9.97 Å². The number of hydrogen-bond donors (Lipinski definition) is 2. The Bertz CT molecular complexity index is 1680. The second kappa shape index (κ2) is 18.5. The number of rotatable bonds is 15. The highest BCUT2D eigenvalue weighted by Gasteiger charge is 2.19. The molecule has 0 amide bonds. The standard InChI is InChI=1S/C42H52Cl2N4O4/c1-27-29(25-51-41-37(43)21-31(39(47-41)49-3)23-45-33-15-7-5-8-16-33)13-11-19-35(27)36-20-12-14-30(28(36)2)26-52-42-38(44)22-32(40(48-42)50-4)24-46-34-17-9-6-10-18-34/h11-14,19-22,33-34,45-46H,5-10,15-18,23-26H2,1-4H3. The van der Waals surface area contributed by atoms with Gasteiger partial charge in [0.1, 0.15) is 23.3 Å². The zero-order chi connectivity index (χ0) is 36.5. The number of aromatic nitrogens is 2. The average molecular weight is 748 g/mol. The van der Waals surface area contributed by atoms with Gasteiger partial charge in [-0.1, -0.05) is 98.1 Å². The van der Waals surface area contributed by atoms with Crippen LogP contribution >= 0.6 is 23.2 Å². The number of methoxy groups -OCH3 is 2. The molecule has 0 unspecified atom stereocenters. The van der Waals surface area contributed by atoms with Gasteiger partial charge < -0.3 is 29.6 Å². The summed E-state index contributed by atoms with van der Waals surface area (Å²) in [7, 11) is 3.27. The lowest BCUT2D eigenvalue weighted by atomic mass is 9.92. The fourth-order valence-corrected chi connectivity index (χ4v) is 7.93. The van der Waals surface area contributed by atoms with Crippen LogP contribution in [-0.2, 0) is 26.3 Å². The summed E-state index contributed by atoms with van der Waals surface area (Å²) in [5.41, 5.74) is 8.42. The van der Waals surface area contributed by atoms with Gasteiger partial charge in [-0.3, -0.25) is 0 Å². The molecule has 0 aliphatic heterocycles. The lowest BCUT2D eigenvalue weighted by molar-refractivity contribution is 0.285. The zero-order valence-electron chi connectivity index (χ0n) is 31.0. The molecule has 0 atom stereocenters. The first-order chi connectivity index (χ1) is 25.3. The van der Waals surface area contributed by atoms with Crippen LogP contribution in [0.25, 0.3) is 11.1 Å². The van der Waals surface area contributed by atoms with Crippen LogP contribution in [-0.4, -0.2) is 36.3 Å². The predicted octanol–water partition coefficient (Wildman–Crippen LogP) is 10.1. The molecule has 8 nitrogen and oxygen atoms in total. The van der Waals surface area contributed by atoms with E-state index in [-0.39, 0.29) is 0 Å². The molecule has 2 aliphatic rings. The van der Waals surface area contributed by atoms with Crippen LogP contribution in [0.5, 0.6) is 23.5 Å². The first-order valence-corrected chi connectivity index (χ1v) is 19.5. The van der Waals surface area contributed by atoms with Crippen molar-refractivity contribution in [2.75, 3.05) is 14.2 Å². The highest BCUT2D eigenvalue weighted by Crippen LogP contribution is 2.35. The predicted molar refractivity (Wildman–Crippen MR) is 209 cm³/mol. The summed E-state index contributed by atoms with van der Waals surface area (Å²) in [6, 6.07) is 17.4. The Labute approximate surface area is 318 Å². The van der Waals surface area contributed by atoms with Crippen molar-refractivity contribution in [2.45, 2.75) is 116 Å². The van der Waals surface area contributed by atoms with E-state index in [0.29, 0.717) is 72.0 Å². The van der Waals surface area contributed by atoms with Crippen LogP contribution < -0.4 is 29.6 Å². The summed E-state index contributed by atoms with van der Waals surface area (Å²) in [5.74, 6) is 1.77. The number of hydrogen-bond acceptors (Lipinski definition) is 8. The minimum atomic E-state index is 0.315. The van der Waals surface area contributed by atoms with E-state index in [9.17, 15) is 0 Å². The first-order valence-electron chi connectivity index (χ1n) is 18.7. The molecule has 2 saturated carbocycles. The molecule has 2 aliphatic carbocycles. The quantitative estimate of drug-likeness (QED) is 0.124. The largest absolute Gasteiger partial charge is 0.481 e. The summed E-state index contributed by atoms with van der Waals surface area (Å²) >= 11 is 13.4. The van der Waals surface area contributed by atoms with Crippen molar-refractivity contribution in [2.24, 2.45) is 0 Å². The Balaban J connectivity index is 1.12. The molecular formula is C42H52Cl2N4O4. The second-order valence-electron chi connectivity index (χ2n) is 14.1. The van der Waals surface area contributed by atoms with E-state index in [2.05, 4.69) is 70.8 Å². The van der Waals surface area contributed by atoms with Gasteiger partial charge in [-0.05, 0) is 85.0 Å². The molecule has 4 aromatic rings. The van der Waals surface area contributed by atoms with Crippen molar-refractivity contribution in [1.82, 2.24) is 20.6 Å². The summed E-state index contributed by atoms with van der Waals surface area (Å²) in [6.45, 7) is 6.19. The maximum Gasteiger partial charge on any atom is 0.236 e. The molecule has 10 heteroatoms. The van der Waals surface area contributed by atoms with E-state index in [1.807, 2.05) is 12.1 Å². The fraction of sp³-hybridized carbons (Fsp3) is 0.476. The normalized spacial score (nSPS) is 15.4. The van der Waals surface area contributed by atoms with E-state index in [4.69, 9.17) is 42.1 Å². The van der Waals surface area contributed by atoms with Crippen LogP contribution in [0.3, 0.4) is 0 Å². The topological polar surface area (TPSA) is 86.8 Å². The lowest BCUT2D eigenvalue weighted by Gasteiger charge is -2.23. The molecule has 0 spiro atoms. The molecular weight excluding hydrogens is 695 g/mol. The van der Waals surface area contributed by atoms with E-state index < -0.39 is 0 Å². The fourth-order valence-electron chi connectivity index (χ4n) is 7.47. The van der Waals surface area contributed by atoms with Crippen LogP contribution in [0.15, 0.2) is 48.5 Å². The number of nitrogens with zero attached hydrogens (tertiary/aromatic N) is 2. The molecule has 0 bridgehead atoms. The van der Waals surface area contributed by atoms with Gasteiger partial charge in [0.25, 0.3) is 0 Å². The van der Waals surface area contributed by atoms with Crippen LogP contribution in [0.1, 0.15) is 97.6 Å². The van der Waals surface area contributed by atoms with Crippen LogP contribution in [0.2, 0.25) is 10.0 Å². The number of ether oxygens (including phenoxy) is 4. The maximum absolute atomic E-state index is 6.70. The molecule has 2 aromatic carbocycles. The van der Waals surface area contributed by atoms with Crippen molar-refractivity contribution >= 4 is 23.2 Å². The lowest BCUT2D eigenvalue weighted by Crippen LogP contribution is -2.30. The molecule has 0 radical (unpaired) electrons. The van der Waals surface area contributed by atoms with E-state index in [1.165, 1.54) is 64.2 Å². The Hall–Kier alpha value is -3.56. The van der Waals surface area contributed by atoms with E-state index in [1.54, 1.807) is 14.2 Å². The number of nitrogens with one attached hydrogen (secondary N) is 2. The van der Waals surface area contributed by atoms with Crippen molar-refractivity contribution in [3.05, 3.63) is 92.0 Å². The third kappa shape index (κ3) is 9.51. The van der Waals surface area contributed by atoms with Gasteiger partial charge >= 0.3 is 0 Å².